The molecule has 0 radical (unpaired) electrons. The number of hydrogen-bond acceptors (Lipinski definition) is 6. The van der Waals surface area contributed by atoms with Crippen molar-refractivity contribution in [3.63, 3.8) is 0 Å². The van der Waals surface area contributed by atoms with E-state index in [2.05, 4.69) is 24.9 Å². The van der Waals surface area contributed by atoms with Crippen molar-refractivity contribution in [3.05, 3.63) is 59.3 Å². The monoisotopic (exact) mass is 435 g/mol. The number of nitrogens with one attached hydrogen (secondary N) is 1. The zero-order valence-corrected chi connectivity index (χ0v) is 16.1. The van der Waals surface area contributed by atoms with Crippen molar-refractivity contribution >= 4 is 22.6 Å². The lowest BCUT2D eigenvalue weighted by Crippen LogP contribution is -2.05. The van der Waals surface area contributed by atoms with Gasteiger partial charge in [0.2, 0.25) is 11.2 Å². The highest BCUT2D eigenvalue weighted by molar-refractivity contribution is 6.28. The lowest BCUT2D eigenvalue weighted by Gasteiger charge is -2.12. The van der Waals surface area contributed by atoms with E-state index in [4.69, 9.17) is 21.1 Å². The van der Waals surface area contributed by atoms with Crippen LogP contribution in [0.25, 0.3) is 22.4 Å². The van der Waals surface area contributed by atoms with E-state index in [9.17, 15) is 13.2 Å². The van der Waals surface area contributed by atoms with E-state index in [0.29, 0.717) is 27.9 Å². The topological polar surface area (TPSA) is 85.8 Å². The van der Waals surface area contributed by atoms with Crippen LogP contribution in [0.3, 0.4) is 0 Å². The molecule has 4 aromatic rings. The minimum Gasteiger partial charge on any atom is -0.496 e. The Balaban J connectivity index is 1.60. The molecule has 4 rings (SSSR count). The highest BCUT2D eigenvalue weighted by Crippen LogP contribution is 2.32. The fraction of sp³-hybridized carbons (Fsp3) is 0.158. The normalized spacial score (nSPS) is 11.6. The molecule has 30 heavy (non-hydrogen) atoms. The number of H-pyrrole nitrogens is 1. The van der Waals surface area contributed by atoms with Crippen LogP contribution in [-0.2, 0) is 12.8 Å². The first-order chi connectivity index (χ1) is 14.3. The van der Waals surface area contributed by atoms with Gasteiger partial charge >= 0.3 is 6.18 Å². The number of imidazole rings is 1. The molecule has 0 saturated heterocycles. The van der Waals surface area contributed by atoms with Gasteiger partial charge in [-0.05, 0) is 29.8 Å². The SMILES string of the molecule is COc1cc(-c2ncc(C(F)(F)F)[nH]2)ccc1COc1nc(Cl)nc2cccnc12. The highest BCUT2D eigenvalue weighted by Gasteiger charge is 2.33. The molecule has 0 spiro atoms. The molecule has 154 valence electrons. The second kappa shape index (κ2) is 7.79. The van der Waals surface area contributed by atoms with Gasteiger partial charge in [0.25, 0.3) is 0 Å². The van der Waals surface area contributed by atoms with Crippen LogP contribution in [0.15, 0.2) is 42.7 Å². The predicted octanol–water partition coefficient (Wildman–Crippen LogP) is 4.67. The zero-order chi connectivity index (χ0) is 21.3. The summed E-state index contributed by atoms with van der Waals surface area (Å²) in [4.78, 5) is 18.4. The first-order valence-electron chi connectivity index (χ1n) is 8.55. The summed E-state index contributed by atoms with van der Waals surface area (Å²) in [7, 11) is 1.45. The number of halogens is 4. The Morgan fingerprint density at radius 2 is 1.97 bits per heavy atom. The molecule has 1 N–H and O–H groups in total. The average Bonchev–Trinajstić information content (AvgIpc) is 3.22. The Kier molecular flexibility index (Phi) is 5.17. The van der Waals surface area contributed by atoms with Crippen molar-refractivity contribution in [1.82, 2.24) is 24.9 Å². The Labute approximate surface area is 172 Å². The molecule has 1 aromatic carbocycles. The third-order valence-corrected chi connectivity index (χ3v) is 4.37. The summed E-state index contributed by atoms with van der Waals surface area (Å²) in [5.41, 5.74) is 1.13. The number of alkyl halides is 3. The van der Waals surface area contributed by atoms with Gasteiger partial charge < -0.3 is 14.5 Å². The minimum absolute atomic E-state index is 0.0195. The van der Waals surface area contributed by atoms with E-state index in [1.54, 1.807) is 36.5 Å². The van der Waals surface area contributed by atoms with Gasteiger partial charge in [-0.1, -0.05) is 12.1 Å². The van der Waals surface area contributed by atoms with Crippen LogP contribution in [0.1, 0.15) is 11.3 Å². The first-order valence-corrected chi connectivity index (χ1v) is 8.93. The largest absolute Gasteiger partial charge is 0.496 e. The van der Waals surface area contributed by atoms with Crippen molar-refractivity contribution in [2.45, 2.75) is 12.8 Å². The number of pyridine rings is 1. The number of aromatic amines is 1. The summed E-state index contributed by atoms with van der Waals surface area (Å²) in [6.07, 6.45) is -2.17. The Hall–Kier alpha value is -3.40. The molecule has 0 aliphatic carbocycles. The van der Waals surface area contributed by atoms with Gasteiger partial charge in [0, 0.05) is 17.3 Å². The fourth-order valence-electron chi connectivity index (χ4n) is 2.78. The van der Waals surface area contributed by atoms with E-state index in [1.165, 1.54) is 7.11 Å². The maximum atomic E-state index is 12.8. The summed E-state index contributed by atoms with van der Waals surface area (Å²) in [5.74, 6) is 0.693. The third kappa shape index (κ3) is 3.99. The van der Waals surface area contributed by atoms with Crippen LogP contribution in [-0.4, -0.2) is 32.0 Å². The number of rotatable bonds is 5. The number of benzene rings is 1. The van der Waals surface area contributed by atoms with E-state index < -0.39 is 11.9 Å². The maximum absolute atomic E-state index is 12.8. The standard InChI is InChI=1S/C19H13ClF3N5O2/c1-29-13-7-10(16-25-8-14(27-16)19(21,22)23)4-5-11(13)9-30-17-15-12(3-2-6-24-15)26-18(20)28-17/h2-8H,9H2,1H3,(H,25,27). The summed E-state index contributed by atoms with van der Waals surface area (Å²) >= 11 is 5.94. The zero-order valence-electron chi connectivity index (χ0n) is 15.4. The van der Waals surface area contributed by atoms with Gasteiger partial charge in [-0.2, -0.15) is 18.2 Å². The summed E-state index contributed by atoms with van der Waals surface area (Å²) in [6.45, 7) is 0.0639. The fourth-order valence-corrected chi connectivity index (χ4v) is 2.95. The first kappa shape index (κ1) is 19.9. The number of ether oxygens (including phenoxy) is 2. The predicted molar refractivity (Wildman–Crippen MR) is 102 cm³/mol. The molecule has 0 aliphatic heterocycles. The Morgan fingerprint density at radius 3 is 2.70 bits per heavy atom. The second-order valence-corrected chi connectivity index (χ2v) is 6.47. The highest BCUT2D eigenvalue weighted by atomic mass is 35.5. The molecule has 0 saturated carbocycles. The van der Waals surface area contributed by atoms with Crippen LogP contribution in [0.4, 0.5) is 13.2 Å². The van der Waals surface area contributed by atoms with Gasteiger partial charge in [0.05, 0.1) is 18.8 Å². The van der Waals surface area contributed by atoms with Crippen LogP contribution in [0, 0.1) is 0 Å². The smallest absolute Gasteiger partial charge is 0.432 e. The number of hydrogen-bond donors (Lipinski definition) is 1. The summed E-state index contributed by atoms with van der Waals surface area (Å²) in [6, 6.07) is 8.31. The molecule has 0 aliphatic rings. The third-order valence-electron chi connectivity index (χ3n) is 4.20. The second-order valence-electron chi connectivity index (χ2n) is 6.13. The number of aromatic nitrogens is 5. The van der Waals surface area contributed by atoms with Crippen molar-refractivity contribution in [3.8, 4) is 23.0 Å². The number of methoxy groups -OCH3 is 1. The quantitative estimate of drug-likeness (QED) is 0.458. The molecule has 0 unspecified atom stereocenters. The van der Waals surface area contributed by atoms with Crippen LogP contribution in [0.2, 0.25) is 5.28 Å². The van der Waals surface area contributed by atoms with Gasteiger partial charge in [0.1, 0.15) is 23.9 Å². The van der Waals surface area contributed by atoms with E-state index >= 15 is 0 Å². The van der Waals surface area contributed by atoms with Crippen LogP contribution < -0.4 is 9.47 Å². The molecule has 0 bridgehead atoms. The lowest BCUT2D eigenvalue weighted by molar-refractivity contribution is -0.140. The van der Waals surface area contributed by atoms with Crippen molar-refractivity contribution in [1.29, 1.82) is 0 Å². The molecule has 0 atom stereocenters. The van der Waals surface area contributed by atoms with Crippen molar-refractivity contribution in [2.24, 2.45) is 0 Å². The van der Waals surface area contributed by atoms with Crippen molar-refractivity contribution in [2.75, 3.05) is 7.11 Å². The molecule has 11 heteroatoms. The molecule has 3 heterocycles. The summed E-state index contributed by atoms with van der Waals surface area (Å²) < 4.78 is 49.5. The molecule has 0 amide bonds. The summed E-state index contributed by atoms with van der Waals surface area (Å²) in [5, 5.41) is 0.0195. The van der Waals surface area contributed by atoms with Crippen LogP contribution in [0.5, 0.6) is 11.6 Å². The Morgan fingerprint density at radius 1 is 1.13 bits per heavy atom. The Bertz CT molecular complexity index is 1210. The molecule has 0 fully saturated rings. The molecular weight excluding hydrogens is 423 g/mol. The van der Waals surface area contributed by atoms with E-state index in [1.807, 2.05) is 0 Å². The van der Waals surface area contributed by atoms with E-state index in [-0.39, 0.29) is 23.6 Å². The molecule has 7 nitrogen and oxygen atoms in total. The lowest BCUT2D eigenvalue weighted by atomic mass is 10.1. The van der Waals surface area contributed by atoms with Crippen molar-refractivity contribution < 1.29 is 22.6 Å². The maximum Gasteiger partial charge on any atom is 0.432 e. The van der Waals surface area contributed by atoms with E-state index in [0.717, 1.165) is 6.20 Å². The van der Waals surface area contributed by atoms with Gasteiger partial charge in [0.15, 0.2) is 5.52 Å². The molecule has 3 aromatic heterocycles. The van der Waals surface area contributed by atoms with Gasteiger partial charge in [-0.15, -0.1) is 0 Å². The van der Waals surface area contributed by atoms with Gasteiger partial charge in [-0.3, -0.25) is 0 Å². The average molecular weight is 436 g/mol. The van der Waals surface area contributed by atoms with Gasteiger partial charge in [-0.25, -0.2) is 15.0 Å². The van der Waals surface area contributed by atoms with Crippen LogP contribution >= 0.6 is 11.6 Å². The number of nitrogens with zero attached hydrogens (tertiary/aromatic N) is 4. The number of fused-ring (bicyclic) bond motifs is 1. The minimum atomic E-state index is -4.50. The molecular formula is C19H13ClF3N5O2.